The molecule has 0 saturated carbocycles. The average Bonchev–Trinajstić information content (AvgIpc) is 1.59. The normalized spacial score (nSPS) is 11.5. The van der Waals surface area contributed by atoms with Gasteiger partial charge in [-0.1, -0.05) is 27.3 Å². The molecular weight excluding hydrogens is 131 g/mol. The summed E-state index contributed by atoms with van der Waals surface area (Å²) >= 11 is 0. The molecule has 0 saturated heterocycles. The van der Waals surface area contributed by atoms with Crippen LogP contribution < -0.4 is 23.8 Å². The summed E-state index contributed by atoms with van der Waals surface area (Å²) in [5.74, 6) is 0. The van der Waals surface area contributed by atoms with Gasteiger partial charge in [0.1, 0.15) is 0 Å². The van der Waals surface area contributed by atoms with Crippen molar-refractivity contribution >= 4 is 0 Å². The summed E-state index contributed by atoms with van der Waals surface area (Å²) in [6.07, 6.45) is 0. The molecule has 0 aliphatic heterocycles. The molecule has 0 radical (unpaired) electrons. The van der Waals surface area contributed by atoms with Crippen molar-refractivity contribution in [1.29, 1.82) is 0 Å². The molecule has 0 unspecified atom stereocenters. The molecule has 0 amide bonds. The van der Waals surface area contributed by atoms with E-state index in [1.165, 1.54) is 4.90 Å². The van der Waals surface area contributed by atoms with Gasteiger partial charge in [0.05, 0.1) is 20.6 Å². The van der Waals surface area contributed by atoms with E-state index in [4.69, 9.17) is 0 Å². The molecule has 0 heterocycles. The summed E-state index contributed by atoms with van der Waals surface area (Å²) in [5.41, 5.74) is 0.148. The molecule has 0 rings (SSSR count). The fourth-order valence-corrected chi connectivity index (χ4v) is 0.615. The Labute approximate surface area is 82.9 Å². The third-order valence-electron chi connectivity index (χ3n) is 1.20. The largest absolute Gasteiger partial charge is 1.00 e. The van der Waals surface area contributed by atoms with Crippen LogP contribution in [0.5, 0.6) is 0 Å². The second-order valence-electron chi connectivity index (χ2n) is 4.01. The predicted molar refractivity (Wildman–Crippen MR) is 45.7 cm³/mol. The third-order valence-corrected chi connectivity index (χ3v) is 1.20. The molecule has 62 valence electrons. The minimum absolute atomic E-state index is 0. The Kier molecular flexibility index (Phi) is 7.77. The first kappa shape index (κ1) is 14.1. The van der Waals surface area contributed by atoms with Crippen LogP contribution in [-0.2, 0) is 0 Å². The van der Waals surface area contributed by atoms with E-state index in [1.807, 2.05) is 0 Å². The number of rotatable bonds is 3. The Hall–Kier alpha value is 0.517. The molecule has 11 heavy (non-hydrogen) atoms. The molecule has 1 N–H and O–H groups in total. The van der Waals surface area contributed by atoms with Crippen LogP contribution in [0.1, 0.15) is 20.8 Å². The number of hydrogen-bond donors (Lipinski definition) is 1. The second kappa shape index (κ2) is 6.08. The zero-order valence-corrected chi connectivity index (χ0v) is 8.86. The molecule has 0 aromatic rings. The number of nitrogens with zero attached hydrogens (tertiary/aromatic N) is 1. The van der Waals surface area contributed by atoms with E-state index < -0.39 is 0 Å². The Morgan fingerprint density at radius 1 is 1.18 bits per heavy atom. The van der Waals surface area contributed by atoms with Gasteiger partial charge < -0.3 is 10.2 Å². The smallest absolute Gasteiger partial charge is 0.653 e. The molecule has 0 aliphatic carbocycles. The van der Waals surface area contributed by atoms with Gasteiger partial charge in [-0.25, -0.2) is 0 Å². The standard InChI is InChI=1S/C8H19N2.Li/c1-8(2,3)9-6-7-10(4)5;/h6-7H2,1-5H3;/q-1;+1/p+1. The molecule has 0 atom stereocenters. The summed E-state index contributed by atoms with van der Waals surface area (Å²) in [4.78, 5) is 1.47. The molecule has 0 aliphatic rings. The van der Waals surface area contributed by atoms with Crippen molar-refractivity contribution in [3.63, 3.8) is 0 Å². The van der Waals surface area contributed by atoms with E-state index >= 15 is 0 Å². The van der Waals surface area contributed by atoms with E-state index in [0.717, 1.165) is 13.1 Å². The summed E-state index contributed by atoms with van der Waals surface area (Å²) < 4.78 is 0. The number of hydrogen-bond acceptors (Lipinski definition) is 0. The van der Waals surface area contributed by atoms with Crippen LogP contribution in [0.2, 0.25) is 0 Å². The molecule has 0 bridgehead atoms. The van der Waals surface area contributed by atoms with Gasteiger partial charge >= 0.3 is 18.9 Å². The van der Waals surface area contributed by atoms with E-state index in [1.54, 1.807) is 0 Å². The van der Waals surface area contributed by atoms with E-state index in [9.17, 15) is 0 Å². The van der Waals surface area contributed by atoms with Gasteiger partial charge in [-0.3, -0.25) is 0 Å². The number of nitrogens with one attached hydrogen (secondary N) is 1. The molecule has 3 heteroatoms. The van der Waals surface area contributed by atoms with Gasteiger partial charge in [-0.15, -0.1) is 5.54 Å². The van der Waals surface area contributed by atoms with Gasteiger partial charge in [-0.05, 0) is 0 Å². The molecular formula is C8H20LiN2+. The molecule has 2 nitrogen and oxygen atoms in total. The average molecular weight is 151 g/mol. The third kappa shape index (κ3) is 13.5. The number of quaternary nitrogens is 1. The van der Waals surface area contributed by atoms with Crippen molar-refractivity contribution in [2.24, 2.45) is 0 Å². The van der Waals surface area contributed by atoms with Crippen molar-refractivity contribution in [3.8, 4) is 0 Å². The fourth-order valence-electron chi connectivity index (χ4n) is 0.615. The first-order valence-corrected chi connectivity index (χ1v) is 3.89. The second-order valence-corrected chi connectivity index (χ2v) is 4.01. The Morgan fingerprint density at radius 2 is 1.64 bits per heavy atom. The quantitative estimate of drug-likeness (QED) is 0.423. The first-order chi connectivity index (χ1) is 4.42. The van der Waals surface area contributed by atoms with E-state index in [0.29, 0.717) is 0 Å². The maximum absolute atomic E-state index is 4.48. The Bertz CT molecular complexity index is 86.6. The van der Waals surface area contributed by atoms with Gasteiger partial charge in [0.25, 0.3) is 0 Å². The van der Waals surface area contributed by atoms with Crippen molar-refractivity contribution in [2.75, 3.05) is 27.2 Å². The minimum atomic E-state index is 0. The maximum atomic E-state index is 4.48. The molecule has 0 spiro atoms. The van der Waals surface area contributed by atoms with Gasteiger partial charge in [-0.2, -0.15) is 0 Å². The Morgan fingerprint density at radius 3 is 1.91 bits per heavy atom. The molecule has 0 aromatic heterocycles. The van der Waals surface area contributed by atoms with Crippen molar-refractivity contribution in [1.82, 2.24) is 0 Å². The predicted octanol–water partition coefficient (Wildman–Crippen LogP) is -2.69. The van der Waals surface area contributed by atoms with Crippen LogP contribution in [0.25, 0.3) is 5.32 Å². The van der Waals surface area contributed by atoms with Gasteiger partial charge in [0.15, 0.2) is 0 Å². The molecule has 0 aromatic carbocycles. The van der Waals surface area contributed by atoms with Crippen LogP contribution in [0.4, 0.5) is 0 Å². The zero-order chi connectivity index (χ0) is 8.20. The first-order valence-electron chi connectivity index (χ1n) is 3.89. The molecule has 0 fully saturated rings. The fraction of sp³-hybridized carbons (Fsp3) is 1.00. The minimum Gasteiger partial charge on any atom is -0.653 e. The summed E-state index contributed by atoms with van der Waals surface area (Å²) in [6, 6.07) is 0. The van der Waals surface area contributed by atoms with Gasteiger partial charge in [0, 0.05) is 0 Å². The topological polar surface area (TPSA) is 18.5 Å². The number of likely N-dealkylation sites (N-methyl/N-ethyl adjacent to an activating group) is 1. The summed E-state index contributed by atoms with van der Waals surface area (Å²) in [6.45, 7) is 8.52. The van der Waals surface area contributed by atoms with Crippen molar-refractivity contribution in [2.45, 2.75) is 26.3 Å². The summed E-state index contributed by atoms with van der Waals surface area (Å²) in [5, 5.41) is 4.48. The zero-order valence-electron chi connectivity index (χ0n) is 8.86. The Balaban J connectivity index is 0. The SMILES string of the molecule is C[NH+](C)CC[N-]C(C)(C)C.[Li+]. The van der Waals surface area contributed by atoms with Gasteiger partial charge in [0.2, 0.25) is 0 Å². The van der Waals surface area contributed by atoms with E-state index in [2.05, 4.69) is 40.2 Å². The van der Waals surface area contributed by atoms with Crippen LogP contribution in [0.15, 0.2) is 0 Å². The van der Waals surface area contributed by atoms with Crippen LogP contribution in [0, 0.1) is 0 Å². The summed E-state index contributed by atoms with van der Waals surface area (Å²) in [7, 11) is 4.30. The van der Waals surface area contributed by atoms with Crippen LogP contribution >= 0.6 is 0 Å². The monoisotopic (exact) mass is 151 g/mol. The van der Waals surface area contributed by atoms with Crippen molar-refractivity contribution in [3.05, 3.63) is 5.32 Å². The maximum Gasteiger partial charge on any atom is 1.00 e. The van der Waals surface area contributed by atoms with Crippen LogP contribution in [-0.4, -0.2) is 32.7 Å². The van der Waals surface area contributed by atoms with Crippen LogP contribution in [0.3, 0.4) is 0 Å². The van der Waals surface area contributed by atoms with E-state index in [-0.39, 0.29) is 24.4 Å². The van der Waals surface area contributed by atoms with Crippen molar-refractivity contribution < 1.29 is 23.8 Å².